The van der Waals surface area contributed by atoms with Crippen LogP contribution in [0.2, 0.25) is 0 Å². The third kappa shape index (κ3) is 17.9. The molecule has 120 valence electrons. The van der Waals surface area contributed by atoms with E-state index < -0.39 is 7.91 Å². The Morgan fingerprint density at radius 2 is 1.11 bits per heavy atom. The van der Waals surface area contributed by atoms with Gasteiger partial charge in [-0.3, -0.25) is 9.05 Å². The molecule has 0 saturated heterocycles. The third-order valence-corrected chi connectivity index (χ3v) is 3.00. The van der Waals surface area contributed by atoms with Crippen molar-refractivity contribution in [1.82, 2.24) is 0 Å². The van der Waals surface area contributed by atoms with Gasteiger partial charge >= 0.3 is 7.91 Å². The summed E-state index contributed by atoms with van der Waals surface area (Å²) < 4.78 is 35.2. The molecule has 7 nitrogen and oxygen atoms in total. The molecule has 0 amide bonds. The maximum atomic E-state index is 13.3. The van der Waals surface area contributed by atoms with E-state index in [9.17, 15) is 8.76 Å². The first-order valence-corrected chi connectivity index (χ1v) is 7.04. The van der Waals surface area contributed by atoms with Crippen molar-refractivity contribution in [2.24, 2.45) is 0 Å². The predicted octanol–water partition coefficient (Wildman–Crippen LogP) is 1.16. The van der Waals surface area contributed by atoms with Crippen LogP contribution in [-0.2, 0) is 13.6 Å². The first-order valence-electron chi connectivity index (χ1n) is 5.61. The van der Waals surface area contributed by atoms with E-state index >= 15 is 0 Å². The number of hydrogen-bond acceptors (Lipinski definition) is 5. The third-order valence-electron chi connectivity index (χ3n) is 2.02. The van der Waals surface area contributed by atoms with Gasteiger partial charge in [0.2, 0.25) is 0 Å². The van der Waals surface area contributed by atoms with E-state index in [-0.39, 0.29) is 24.2 Å². The zero-order valence-electron chi connectivity index (χ0n) is 12.7. The summed E-state index contributed by atoms with van der Waals surface area (Å²) >= 11 is 0. The number of likely N-dealkylation sites (N-methyl/N-ethyl adjacent to an activating group) is 2. The van der Waals surface area contributed by atoms with Crippen LogP contribution in [0.25, 0.3) is 0 Å². The summed E-state index contributed by atoms with van der Waals surface area (Å²) in [7, 11) is 7.31. The van der Waals surface area contributed by atoms with Gasteiger partial charge in [0.15, 0.2) is 0 Å². The van der Waals surface area contributed by atoms with E-state index in [1.165, 1.54) is 0 Å². The fourth-order valence-corrected chi connectivity index (χ4v) is 1.56. The van der Waals surface area contributed by atoms with Crippen LogP contribution in [0, 0.1) is 0 Å². The van der Waals surface area contributed by atoms with Crippen molar-refractivity contribution in [2.45, 2.75) is 0 Å². The zero-order valence-corrected chi connectivity index (χ0v) is 13.6. The van der Waals surface area contributed by atoms with Crippen molar-refractivity contribution < 1.29 is 37.7 Å². The maximum absolute atomic E-state index is 13.3. The molecular formula is C10H28FN2O5P. The van der Waals surface area contributed by atoms with Crippen LogP contribution in [0.3, 0.4) is 0 Å². The largest absolute Gasteiger partial charge is 0.870 e. The van der Waals surface area contributed by atoms with Crippen LogP contribution in [0.4, 0.5) is 4.20 Å². The second-order valence-corrected chi connectivity index (χ2v) is 7.50. The lowest BCUT2D eigenvalue weighted by molar-refractivity contribution is -0.870. The fourth-order valence-electron chi connectivity index (χ4n) is 0.885. The van der Waals surface area contributed by atoms with Gasteiger partial charge in [-0.1, -0.05) is 0 Å². The Morgan fingerprint density at radius 1 is 0.842 bits per heavy atom. The molecule has 0 unspecified atom stereocenters. The summed E-state index contributed by atoms with van der Waals surface area (Å²) in [5, 5.41) is 0. The van der Waals surface area contributed by atoms with Crippen LogP contribution >= 0.6 is 7.91 Å². The molecule has 9 heteroatoms. The SMILES string of the molecule is C[N+](C)(C)CCOP(=O)(F)OCC[N+](C)(C)C.[OH-].[OH-]. The van der Waals surface area contributed by atoms with Gasteiger partial charge in [0.25, 0.3) is 0 Å². The minimum Gasteiger partial charge on any atom is -0.870 e. The lowest BCUT2D eigenvalue weighted by Gasteiger charge is -2.25. The Kier molecular flexibility index (Phi) is 11.3. The lowest BCUT2D eigenvalue weighted by Crippen LogP contribution is -2.38. The molecule has 19 heavy (non-hydrogen) atoms. The molecule has 0 bridgehead atoms. The smallest absolute Gasteiger partial charge is 0.513 e. The van der Waals surface area contributed by atoms with E-state index in [0.717, 1.165) is 0 Å². The number of rotatable bonds is 8. The highest BCUT2D eigenvalue weighted by Crippen LogP contribution is 2.49. The molecule has 0 radical (unpaired) electrons. The average Bonchev–Trinajstić information content (AvgIpc) is 1.96. The first kappa shape index (κ1) is 24.0. The Labute approximate surface area is 115 Å². The molecule has 0 heterocycles. The van der Waals surface area contributed by atoms with Crippen LogP contribution in [0.1, 0.15) is 0 Å². The Bertz CT molecular complexity index is 254. The molecule has 0 saturated carbocycles. The van der Waals surface area contributed by atoms with Crippen molar-refractivity contribution in [2.75, 3.05) is 68.6 Å². The molecule has 0 aliphatic rings. The predicted molar refractivity (Wildman–Crippen MR) is 70.3 cm³/mol. The lowest BCUT2D eigenvalue weighted by atomic mass is 10.5. The average molecular weight is 306 g/mol. The van der Waals surface area contributed by atoms with Gasteiger partial charge in [0.05, 0.1) is 42.3 Å². The van der Waals surface area contributed by atoms with Crippen molar-refractivity contribution in [3.8, 4) is 0 Å². The van der Waals surface area contributed by atoms with Crippen LogP contribution < -0.4 is 0 Å². The van der Waals surface area contributed by atoms with Gasteiger partial charge in [-0.25, -0.2) is 4.57 Å². The van der Waals surface area contributed by atoms with E-state index in [1.807, 2.05) is 42.3 Å². The molecule has 0 atom stereocenters. The summed E-state index contributed by atoms with van der Waals surface area (Å²) in [5.74, 6) is 0. The van der Waals surface area contributed by atoms with Crippen molar-refractivity contribution in [1.29, 1.82) is 0 Å². The highest BCUT2D eigenvalue weighted by molar-refractivity contribution is 7.48. The van der Waals surface area contributed by atoms with Crippen molar-refractivity contribution in [3.05, 3.63) is 0 Å². The second-order valence-electron chi connectivity index (χ2n) is 6.12. The summed E-state index contributed by atoms with van der Waals surface area (Å²) in [6, 6.07) is 0. The molecule has 0 rings (SSSR count). The molecule has 0 aromatic carbocycles. The Morgan fingerprint density at radius 3 is 1.32 bits per heavy atom. The summed E-state index contributed by atoms with van der Waals surface area (Å²) in [6.07, 6.45) is 0. The molecular weight excluding hydrogens is 278 g/mol. The zero-order chi connectivity index (χ0) is 13.7. The van der Waals surface area contributed by atoms with E-state index in [2.05, 4.69) is 9.05 Å². The first-order chi connectivity index (χ1) is 7.41. The minimum absolute atomic E-state index is 0. The summed E-state index contributed by atoms with van der Waals surface area (Å²) in [4.78, 5) is 0. The van der Waals surface area contributed by atoms with Crippen molar-refractivity contribution in [3.63, 3.8) is 0 Å². The highest BCUT2D eigenvalue weighted by Gasteiger charge is 2.26. The Hall–Kier alpha value is -0.0800. The van der Waals surface area contributed by atoms with Gasteiger partial charge in [-0.15, -0.1) is 4.20 Å². The van der Waals surface area contributed by atoms with Gasteiger partial charge < -0.3 is 19.9 Å². The molecule has 0 aromatic heterocycles. The second kappa shape index (κ2) is 8.97. The monoisotopic (exact) mass is 306 g/mol. The van der Waals surface area contributed by atoms with Gasteiger partial charge in [-0.05, 0) is 0 Å². The number of nitrogens with zero attached hydrogens (tertiary/aromatic N) is 2. The van der Waals surface area contributed by atoms with Gasteiger partial charge in [0.1, 0.15) is 26.3 Å². The van der Waals surface area contributed by atoms with E-state index in [4.69, 9.17) is 0 Å². The summed E-state index contributed by atoms with van der Waals surface area (Å²) in [5.41, 5.74) is 0. The summed E-state index contributed by atoms with van der Waals surface area (Å²) in [6.45, 7) is 1.32. The van der Waals surface area contributed by atoms with Crippen LogP contribution in [0.15, 0.2) is 0 Å². The van der Waals surface area contributed by atoms with E-state index in [1.54, 1.807) is 0 Å². The van der Waals surface area contributed by atoms with Crippen LogP contribution in [0.5, 0.6) is 0 Å². The molecule has 0 aliphatic carbocycles. The molecule has 0 aliphatic heterocycles. The molecule has 0 fully saturated rings. The molecule has 0 aromatic rings. The fraction of sp³-hybridized carbons (Fsp3) is 1.00. The number of hydrogen-bond donors (Lipinski definition) is 0. The van der Waals surface area contributed by atoms with Crippen LogP contribution in [-0.4, -0.2) is 88.5 Å². The van der Waals surface area contributed by atoms with Crippen molar-refractivity contribution >= 4 is 7.91 Å². The number of quaternary nitrogens is 2. The van der Waals surface area contributed by atoms with E-state index in [0.29, 0.717) is 22.1 Å². The number of halogens is 1. The quantitative estimate of drug-likeness (QED) is 0.495. The van der Waals surface area contributed by atoms with Gasteiger partial charge in [-0.2, -0.15) is 0 Å². The topological polar surface area (TPSA) is 95.5 Å². The highest BCUT2D eigenvalue weighted by atomic mass is 31.2. The maximum Gasteiger partial charge on any atom is 0.513 e. The molecule has 0 spiro atoms. The molecule has 2 N–H and O–H groups in total. The Balaban J connectivity index is -0.00000128. The normalized spacial score (nSPS) is 12.6. The van der Waals surface area contributed by atoms with Gasteiger partial charge in [0, 0.05) is 0 Å². The standard InChI is InChI=1S/C10H26FN2O3P.2H2O/c1-12(2,3)7-9-15-17(11,14)16-10-8-13(4,5)6;;/h7-10H2,1-6H3;2*1H2/q+2;;/p-2. The minimum atomic E-state index is -4.38.